The zero-order valence-corrected chi connectivity index (χ0v) is 16.0. The lowest BCUT2D eigenvalue weighted by Gasteiger charge is -2.02. The molecule has 27 heavy (non-hydrogen) atoms. The molecule has 5 heteroatoms. The number of ether oxygens (including phenoxy) is 1. The van der Waals surface area contributed by atoms with E-state index in [2.05, 4.69) is 0 Å². The van der Waals surface area contributed by atoms with Crippen molar-refractivity contribution in [3.05, 3.63) is 82.8 Å². The van der Waals surface area contributed by atoms with Gasteiger partial charge in [0.2, 0.25) is 5.89 Å². The molecule has 4 rings (SSSR count). The Morgan fingerprint density at radius 3 is 1.78 bits per heavy atom. The summed E-state index contributed by atoms with van der Waals surface area (Å²) in [4.78, 5) is 4.75. The molecule has 3 nitrogen and oxygen atoms in total. The minimum absolute atomic E-state index is 0.535. The molecule has 0 spiro atoms. The van der Waals surface area contributed by atoms with E-state index in [0.29, 0.717) is 21.7 Å². The van der Waals surface area contributed by atoms with Crippen LogP contribution >= 0.6 is 23.2 Å². The van der Waals surface area contributed by atoms with Crippen LogP contribution in [0.3, 0.4) is 0 Å². The lowest BCUT2D eigenvalue weighted by atomic mass is 10.1. The Hall–Kier alpha value is -2.75. The molecule has 3 aromatic carbocycles. The zero-order chi connectivity index (χ0) is 18.8. The molecular weight excluding hydrogens is 381 g/mol. The van der Waals surface area contributed by atoms with Crippen LogP contribution in [-0.4, -0.2) is 12.1 Å². The van der Waals surface area contributed by atoms with Gasteiger partial charge in [-0.2, -0.15) is 0 Å². The summed E-state index contributed by atoms with van der Waals surface area (Å²) in [5.41, 5.74) is 3.44. The maximum absolute atomic E-state index is 6.16. The van der Waals surface area contributed by atoms with Crippen molar-refractivity contribution in [2.45, 2.75) is 0 Å². The van der Waals surface area contributed by atoms with Crippen molar-refractivity contribution in [2.75, 3.05) is 7.11 Å². The number of rotatable bonds is 4. The Morgan fingerprint density at radius 2 is 1.22 bits per heavy atom. The molecule has 0 saturated heterocycles. The van der Waals surface area contributed by atoms with Gasteiger partial charge in [-0.15, -0.1) is 0 Å². The highest BCUT2D eigenvalue weighted by molar-refractivity contribution is 6.31. The van der Waals surface area contributed by atoms with Gasteiger partial charge in [0, 0.05) is 26.7 Å². The van der Waals surface area contributed by atoms with E-state index >= 15 is 0 Å². The van der Waals surface area contributed by atoms with Gasteiger partial charge in [0.05, 0.1) is 7.11 Å². The monoisotopic (exact) mass is 395 g/mol. The molecule has 1 aromatic heterocycles. The predicted octanol–water partition coefficient (Wildman–Crippen LogP) is 6.99. The van der Waals surface area contributed by atoms with Gasteiger partial charge in [0.1, 0.15) is 11.4 Å². The van der Waals surface area contributed by atoms with Crippen LogP contribution < -0.4 is 4.74 Å². The molecule has 0 aliphatic carbocycles. The van der Waals surface area contributed by atoms with Crippen molar-refractivity contribution in [1.82, 2.24) is 4.98 Å². The fraction of sp³-hybridized carbons (Fsp3) is 0.0455. The maximum Gasteiger partial charge on any atom is 0.227 e. The van der Waals surface area contributed by atoms with Crippen LogP contribution in [0.15, 0.2) is 77.2 Å². The van der Waals surface area contributed by atoms with E-state index in [1.54, 1.807) is 7.11 Å². The second-order valence-corrected chi connectivity index (χ2v) is 6.81. The quantitative estimate of drug-likeness (QED) is 0.373. The number of aromatic nitrogens is 1. The molecule has 0 unspecified atom stereocenters. The third kappa shape index (κ3) is 3.70. The summed E-state index contributed by atoms with van der Waals surface area (Å²) in [6, 6.07) is 22.6. The fourth-order valence-electron chi connectivity index (χ4n) is 2.78. The lowest BCUT2D eigenvalue weighted by molar-refractivity contribution is 0.415. The first-order chi connectivity index (χ1) is 13.1. The molecule has 0 aliphatic heterocycles. The summed E-state index contributed by atoms with van der Waals surface area (Å²) in [6.45, 7) is 0. The van der Waals surface area contributed by atoms with E-state index in [4.69, 9.17) is 37.3 Å². The zero-order valence-electron chi connectivity index (χ0n) is 14.4. The first-order valence-electron chi connectivity index (χ1n) is 8.31. The van der Waals surface area contributed by atoms with Gasteiger partial charge >= 0.3 is 0 Å². The summed E-state index contributed by atoms with van der Waals surface area (Å²) in [7, 11) is 1.64. The van der Waals surface area contributed by atoms with Crippen LogP contribution in [0, 0.1) is 0 Å². The Balaban J connectivity index is 1.85. The highest BCUT2D eigenvalue weighted by Crippen LogP contribution is 2.37. The molecule has 1 heterocycles. The van der Waals surface area contributed by atoms with Crippen LogP contribution in [0.1, 0.15) is 0 Å². The van der Waals surface area contributed by atoms with Gasteiger partial charge < -0.3 is 9.15 Å². The van der Waals surface area contributed by atoms with E-state index in [-0.39, 0.29) is 0 Å². The van der Waals surface area contributed by atoms with E-state index < -0.39 is 0 Å². The minimum Gasteiger partial charge on any atom is -0.497 e. The normalized spacial score (nSPS) is 10.8. The molecule has 0 fully saturated rings. The van der Waals surface area contributed by atoms with Crippen molar-refractivity contribution >= 4 is 23.2 Å². The number of hydrogen-bond acceptors (Lipinski definition) is 3. The smallest absolute Gasteiger partial charge is 0.227 e. The van der Waals surface area contributed by atoms with Crippen LogP contribution in [0.25, 0.3) is 34.0 Å². The number of nitrogens with zero attached hydrogens (tertiary/aromatic N) is 1. The standard InChI is InChI=1S/C22H15Cl2NO2/c1-26-19-12-6-16(7-13-19)22-25-20(14-2-8-17(23)9-3-14)21(27-22)15-4-10-18(24)11-5-15/h2-13H,1H3. The average molecular weight is 396 g/mol. The SMILES string of the molecule is COc1ccc(-c2nc(-c3ccc(Cl)cc3)c(-c3ccc(Cl)cc3)o2)cc1. The number of oxazole rings is 1. The third-order valence-electron chi connectivity index (χ3n) is 4.19. The number of methoxy groups -OCH3 is 1. The highest BCUT2D eigenvalue weighted by atomic mass is 35.5. The Morgan fingerprint density at radius 1 is 0.704 bits per heavy atom. The molecule has 0 atom stereocenters. The molecule has 0 N–H and O–H groups in total. The van der Waals surface area contributed by atoms with Crippen molar-refractivity contribution in [2.24, 2.45) is 0 Å². The van der Waals surface area contributed by atoms with Crippen molar-refractivity contribution in [1.29, 1.82) is 0 Å². The molecule has 0 amide bonds. The largest absolute Gasteiger partial charge is 0.497 e. The van der Waals surface area contributed by atoms with E-state index in [9.17, 15) is 0 Å². The maximum atomic E-state index is 6.16. The highest BCUT2D eigenvalue weighted by Gasteiger charge is 2.18. The van der Waals surface area contributed by atoms with Crippen LogP contribution in [0.2, 0.25) is 10.0 Å². The number of benzene rings is 3. The van der Waals surface area contributed by atoms with E-state index in [0.717, 1.165) is 28.1 Å². The second kappa shape index (κ2) is 7.47. The number of hydrogen-bond donors (Lipinski definition) is 0. The molecule has 0 aliphatic rings. The topological polar surface area (TPSA) is 35.3 Å². The second-order valence-electron chi connectivity index (χ2n) is 5.94. The summed E-state index contributed by atoms with van der Waals surface area (Å²) in [5, 5.41) is 1.34. The fourth-order valence-corrected chi connectivity index (χ4v) is 3.03. The predicted molar refractivity (Wildman–Crippen MR) is 109 cm³/mol. The first kappa shape index (κ1) is 17.7. The van der Waals surface area contributed by atoms with Crippen LogP contribution in [0.4, 0.5) is 0 Å². The van der Waals surface area contributed by atoms with Gasteiger partial charge in [0.15, 0.2) is 5.76 Å². The van der Waals surface area contributed by atoms with E-state index in [1.165, 1.54) is 0 Å². The molecular formula is C22H15Cl2NO2. The van der Waals surface area contributed by atoms with Gasteiger partial charge in [-0.05, 0) is 60.7 Å². The van der Waals surface area contributed by atoms with Crippen molar-refractivity contribution in [3.8, 4) is 39.8 Å². The summed E-state index contributed by atoms with van der Waals surface area (Å²) >= 11 is 12.1. The Bertz CT molecular complexity index is 990. The van der Waals surface area contributed by atoms with Crippen molar-refractivity contribution in [3.63, 3.8) is 0 Å². The van der Waals surface area contributed by atoms with Crippen LogP contribution in [0.5, 0.6) is 5.75 Å². The van der Waals surface area contributed by atoms with Gasteiger partial charge in [-0.3, -0.25) is 0 Å². The molecule has 134 valence electrons. The average Bonchev–Trinajstić information content (AvgIpc) is 3.14. The summed E-state index contributed by atoms with van der Waals surface area (Å²) < 4.78 is 11.4. The third-order valence-corrected chi connectivity index (χ3v) is 4.69. The molecule has 4 aromatic rings. The molecule has 0 bridgehead atoms. The van der Waals surface area contributed by atoms with Gasteiger partial charge in [-0.1, -0.05) is 35.3 Å². The van der Waals surface area contributed by atoms with Crippen molar-refractivity contribution < 1.29 is 9.15 Å². The minimum atomic E-state index is 0.535. The lowest BCUT2D eigenvalue weighted by Crippen LogP contribution is -1.84. The van der Waals surface area contributed by atoms with Gasteiger partial charge in [0.25, 0.3) is 0 Å². The summed E-state index contributed by atoms with van der Waals surface area (Å²) in [5.74, 6) is 1.99. The Kier molecular flexibility index (Phi) is 4.88. The Labute approximate surface area is 167 Å². The van der Waals surface area contributed by atoms with E-state index in [1.807, 2.05) is 72.8 Å². The van der Waals surface area contributed by atoms with Gasteiger partial charge in [-0.25, -0.2) is 4.98 Å². The number of halogens is 2. The van der Waals surface area contributed by atoms with Crippen LogP contribution in [-0.2, 0) is 0 Å². The molecule has 0 saturated carbocycles. The summed E-state index contributed by atoms with van der Waals surface area (Å²) in [6.07, 6.45) is 0. The molecule has 0 radical (unpaired) electrons. The first-order valence-corrected chi connectivity index (χ1v) is 9.07.